The minimum absolute atomic E-state index is 0.0229. The molecule has 0 unspecified atom stereocenters. The second-order valence-electron chi connectivity index (χ2n) is 6.00. The van der Waals surface area contributed by atoms with Crippen molar-refractivity contribution in [3.05, 3.63) is 57.0 Å². The normalized spacial score (nSPS) is 13.7. The van der Waals surface area contributed by atoms with E-state index in [1.54, 1.807) is 6.07 Å². The molecule has 0 spiro atoms. The predicted molar refractivity (Wildman–Crippen MR) is 86.6 cm³/mol. The summed E-state index contributed by atoms with van der Waals surface area (Å²) >= 11 is 0. The molecule has 1 aliphatic carbocycles. The molecule has 1 aliphatic rings. The number of aromatic nitrogens is 2. The minimum atomic E-state index is -0.0229. The summed E-state index contributed by atoms with van der Waals surface area (Å²) in [5.41, 5.74) is 4.46. The maximum atomic E-state index is 12.1. The number of nitrogens with zero attached hydrogens (tertiary/aromatic N) is 2. The summed E-state index contributed by atoms with van der Waals surface area (Å²) in [5.74, 6) is 0.881. The fourth-order valence-electron chi connectivity index (χ4n) is 2.87. The quantitative estimate of drug-likeness (QED) is 0.872. The lowest BCUT2D eigenvalue weighted by Gasteiger charge is -2.16. The van der Waals surface area contributed by atoms with Gasteiger partial charge >= 0.3 is 0 Å². The van der Waals surface area contributed by atoms with Gasteiger partial charge in [-0.05, 0) is 62.3 Å². The van der Waals surface area contributed by atoms with E-state index < -0.39 is 0 Å². The van der Waals surface area contributed by atoms with E-state index in [-0.39, 0.29) is 5.56 Å². The third-order valence-electron chi connectivity index (χ3n) is 4.18. The third kappa shape index (κ3) is 3.21. The van der Waals surface area contributed by atoms with Gasteiger partial charge in [0.2, 0.25) is 0 Å². The zero-order chi connectivity index (χ0) is 15.5. The molecule has 22 heavy (non-hydrogen) atoms. The average molecular weight is 298 g/mol. The maximum absolute atomic E-state index is 12.1. The van der Waals surface area contributed by atoms with E-state index in [4.69, 9.17) is 4.74 Å². The summed E-state index contributed by atoms with van der Waals surface area (Å²) in [6.07, 6.45) is 4.29. The smallest absolute Gasteiger partial charge is 0.267 e. The summed E-state index contributed by atoms with van der Waals surface area (Å²) < 4.78 is 7.36. The van der Waals surface area contributed by atoms with Crippen LogP contribution in [0.3, 0.4) is 0 Å². The first kappa shape index (κ1) is 14.8. The monoisotopic (exact) mass is 298 g/mol. The Labute approximate surface area is 130 Å². The van der Waals surface area contributed by atoms with Gasteiger partial charge in [-0.2, -0.15) is 5.10 Å². The van der Waals surface area contributed by atoms with Crippen LogP contribution in [0.5, 0.6) is 5.75 Å². The fraction of sp³-hybridized carbons (Fsp3) is 0.444. The summed E-state index contributed by atoms with van der Waals surface area (Å²) in [6, 6.07) is 7.89. The molecule has 0 aliphatic heterocycles. The molecule has 0 amide bonds. The Hall–Kier alpha value is -2.10. The van der Waals surface area contributed by atoms with Gasteiger partial charge in [0.05, 0.1) is 12.2 Å². The van der Waals surface area contributed by atoms with Crippen LogP contribution in [0.25, 0.3) is 0 Å². The van der Waals surface area contributed by atoms with Crippen LogP contribution in [0.2, 0.25) is 0 Å². The van der Waals surface area contributed by atoms with Crippen molar-refractivity contribution in [1.82, 2.24) is 9.78 Å². The molecular formula is C18H22N2O2. The zero-order valence-electron chi connectivity index (χ0n) is 13.3. The van der Waals surface area contributed by atoms with Crippen LogP contribution in [-0.2, 0) is 19.4 Å². The second kappa shape index (κ2) is 6.34. The van der Waals surface area contributed by atoms with Crippen LogP contribution >= 0.6 is 0 Å². The van der Waals surface area contributed by atoms with Crippen molar-refractivity contribution in [3.63, 3.8) is 0 Å². The van der Waals surface area contributed by atoms with Gasteiger partial charge in [0, 0.05) is 6.07 Å². The van der Waals surface area contributed by atoms with Gasteiger partial charge in [-0.3, -0.25) is 4.79 Å². The molecular weight excluding hydrogens is 276 g/mol. The number of fused-ring (bicyclic) bond motifs is 1. The van der Waals surface area contributed by atoms with Crippen molar-refractivity contribution >= 4 is 0 Å². The first-order valence-electron chi connectivity index (χ1n) is 7.93. The Morgan fingerprint density at radius 2 is 2.00 bits per heavy atom. The fourth-order valence-corrected chi connectivity index (χ4v) is 2.87. The molecule has 2 aromatic rings. The summed E-state index contributed by atoms with van der Waals surface area (Å²) in [5, 5.41) is 4.51. The summed E-state index contributed by atoms with van der Waals surface area (Å²) in [7, 11) is 0. The van der Waals surface area contributed by atoms with Gasteiger partial charge in [0.1, 0.15) is 12.4 Å². The molecule has 1 aromatic heterocycles. The molecule has 0 bridgehead atoms. The molecule has 0 N–H and O–H groups in total. The maximum Gasteiger partial charge on any atom is 0.267 e. The van der Waals surface area contributed by atoms with Crippen molar-refractivity contribution in [2.24, 2.45) is 0 Å². The largest absolute Gasteiger partial charge is 0.491 e. The number of rotatable bonds is 4. The van der Waals surface area contributed by atoms with E-state index in [0.29, 0.717) is 13.2 Å². The molecule has 4 heteroatoms. The highest BCUT2D eigenvalue weighted by molar-refractivity contribution is 5.35. The minimum Gasteiger partial charge on any atom is -0.491 e. The SMILES string of the molecule is Cc1ccc(C)c(OCCn2nc3c(cc2=O)CCCC3)c1. The summed E-state index contributed by atoms with van der Waals surface area (Å²) in [6.45, 7) is 5.01. The van der Waals surface area contributed by atoms with E-state index in [9.17, 15) is 4.79 Å². The second-order valence-corrected chi connectivity index (χ2v) is 6.00. The van der Waals surface area contributed by atoms with Gasteiger partial charge in [-0.15, -0.1) is 0 Å². The van der Waals surface area contributed by atoms with Crippen LogP contribution in [0.1, 0.15) is 35.2 Å². The predicted octanol–water partition coefficient (Wildman–Crippen LogP) is 2.82. The van der Waals surface area contributed by atoms with E-state index in [0.717, 1.165) is 48.3 Å². The Morgan fingerprint density at radius 1 is 1.18 bits per heavy atom. The van der Waals surface area contributed by atoms with Crippen LogP contribution in [0, 0.1) is 13.8 Å². The van der Waals surface area contributed by atoms with Gasteiger partial charge in [0.25, 0.3) is 5.56 Å². The van der Waals surface area contributed by atoms with Crippen LogP contribution < -0.4 is 10.3 Å². The van der Waals surface area contributed by atoms with Crippen molar-refractivity contribution in [2.75, 3.05) is 6.61 Å². The van der Waals surface area contributed by atoms with Crippen molar-refractivity contribution in [1.29, 1.82) is 0 Å². The standard InChI is InChI=1S/C18H22N2O2/c1-13-7-8-14(2)17(11-13)22-10-9-20-18(21)12-15-5-3-4-6-16(15)19-20/h7-8,11-12H,3-6,9-10H2,1-2H3. The number of hydrogen-bond donors (Lipinski definition) is 0. The van der Waals surface area contributed by atoms with Gasteiger partial charge in [-0.25, -0.2) is 4.68 Å². The molecule has 0 saturated heterocycles. The first-order chi connectivity index (χ1) is 10.6. The third-order valence-corrected chi connectivity index (χ3v) is 4.18. The van der Waals surface area contributed by atoms with Crippen LogP contribution in [0.4, 0.5) is 0 Å². The van der Waals surface area contributed by atoms with Gasteiger partial charge in [0.15, 0.2) is 0 Å². The topological polar surface area (TPSA) is 44.1 Å². The van der Waals surface area contributed by atoms with Gasteiger partial charge < -0.3 is 4.74 Å². The highest BCUT2D eigenvalue weighted by atomic mass is 16.5. The summed E-state index contributed by atoms with van der Waals surface area (Å²) in [4.78, 5) is 12.1. The molecule has 0 radical (unpaired) electrons. The number of aryl methyl sites for hydroxylation is 4. The molecule has 1 heterocycles. The Kier molecular flexibility index (Phi) is 4.27. The molecule has 0 saturated carbocycles. The number of hydrogen-bond acceptors (Lipinski definition) is 3. The zero-order valence-corrected chi connectivity index (χ0v) is 13.3. The van der Waals surface area contributed by atoms with Crippen molar-refractivity contribution in [2.45, 2.75) is 46.1 Å². The molecule has 3 rings (SSSR count). The highest BCUT2D eigenvalue weighted by Gasteiger charge is 2.13. The molecule has 0 fully saturated rings. The number of ether oxygens (including phenoxy) is 1. The molecule has 116 valence electrons. The molecule has 0 atom stereocenters. The van der Waals surface area contributed by atoms with Gasteiger partial charge in [-0.1, -0.05) is 12.1 Å². The molecule has 4 nitrogen and oxygen atoms in total. The van der Waals surface area contributed by atoms with Crippen molar-refractivity contribution < 1.29 is 4.74 Å². The van der Waals surface area contributed by atoms with Crippen molar-refractivity contribution in [3.8, 4) is 5.75 Å². The molecule has 1 aromatic carbocycles. The number of benzene rings is 1. The Morgan fingerprint density at radius 3 is 2.86 bits per heavy atom. The lowest BCUT2D eigenvalue weighted by Crippen LogP contribution is -2.28. The lowest BCUT2D eigenvalue weighted by molar-refractivity contribution is 0.284. The average Bonchev–Trinajstić information content (AvgIpc) is 2.51. The van der Waals surface area contributed by atoms with Crippen LogP contribution in [0.15, 0.2) is 29.1 Å². The first-order valence-corrected chi connectivity index (χ1v) is 7.93. The Bertz CT molecular complexity index is 734. The van der Waals surface area contributed by atoms with E-state index >= 15 is 0 Å². The van der Waals surface area contributed by atoms with E-state index in [2.05, 4.69) is 11.2 Å². The lowest BCUT2D eigenvalue weighted by atomic mass is 9.97. The van der Waals surface area contributed by atoms with Crippen LogP contribution in [-0.4, -0.2) is 16.4 Å². The van der Waals surface area contributed by atoms with E-state index in [1.807, 2.05) is 26.0 Å². The highest BCUT2D eigenvalue weighted by Crippen LogP contribution is 2.19. The Balaban J connectivity index is 1.69. The van der Waals surface area contributed by atoms with E-state index in [1.165, 1.54) is 10.2 Å².